The average molecular weight is 287 g/mol. The number of nitrogens with two attached hydrogens (primary N) is 1. The molecule has 2 aromatic rings. The lowest BCUT2D eigenvalue weighted by Crippen LogP contribution is -2.46. The normalized spacial score (nSPS) is 15.0. The van der Waals surface area contributed by atoms with Crippen molar-refractivity contribution in [1.82, 2.24) is 0 Å². The van der Waals surface area contributed by atoms with Crippen LogP contribution in [0, 0.1) is 0 Å². The van der Waals surface area contributed by atoms with Gasteiger partial charge in [-0.2, -0.15) is 0 Å². The first kappa shape index (κ1) is 15.4. The molecule has 0 aliphatic carbocycles. The molecule has 2 unspecified atom stereocenters. The standard InChI is InChI=1S/C17H21NO3/c1-17(16(19)12-18,13-8-4-3-5-9-13)21-15-11-7-6-10-14(15)20-2/h3-11,16,19H,12,18H2,1-2H3. The molecule has 0 heterocycles. The van der Waals surface area contributed by atoms with E-state index in [1.165, 1.54) is 0 Å². The molecule has 0 fully saturated rings. The van der Waals surface area contributed by atoms with E-state index in [1.54, 1.807) is 7.11 Å². The zero-order chi connectivity index (χ0) is 15.3. The SMILES string of the molecule is COc1ccccc1OC(C)(c1ccccc1)C(O)CN. The van der Waals surface area contributed by atoms with Gasteiger partial charge in [-0.25, -0.2) is 0 Å². The molecule has 112 valence electrons. The molecule has 2 rings (SSSR count). The van der Waals surface area contributed by atoms with E-state index in [1.807, 2.05) is 61.5 Å². The predicted molar refractivity (Wildman–Crippen MR) is 82.5 cm³/mol. The van der Waals surface area contributed by atoms with Gasteiger partial charge >= 0.3 is 0 Å². The molecule has 0 saturated heterocycles. The van der Waals surface area contributed by atoms with Crippen LogP contribution in [0.5, 0.6) is 11.5 Å². The fourth-order valence-corrected chi connectivity index (χ4v) is 2.24. The highest BCUT2D eigenvalue weighted by Gasteiger charge is 2.37. The number of hydrogen-bond donors (Lipinski definition) is 2. The molecule has 0 aromatic heterocycles. The summed E-state index contributed by atoms with van der Waals surface area (Å²) in [7, 11) is 1.58. The third-order valence-corrected chi connectivity index (χ3v) is 3.60. The molecular weight excluding hydrogens is 266 g/mol. The third kappa shape index (κ3) is 3.17. The molecule has 2 aromatic carbocycles. The number of methoxy groups -OCH3 is 1. The van der Waals surface area contributed by atoms with Crippen molar-refractivity contribution in [2.45, 2.75) is 18.6 Å². The Labute approximate surface area is 125 Å². The second-order valence-electron chi connectivity index (χ2n) is 4.98. The van der Waals surface area contributed by atoms with E-state index < -0.39 is 11.7 Å². The summed E-state index contributed by atoms with van der Waals surface area (Å²) in [5.41, 5.74) is 5.56. The van der Waals surface area contributed by atoms with Crippen molar-refractivity contribution < 1.29 is 14.6 Å². The lowest BCUT2D eigenvalue weighted by atomic mass is 9.89. The van der Waals surface area contributed by atoms with Crippen LogP contribution in [0.2, 0.25) is 0 Å². The molecule has 0 radical (unpaired) electrons. The largest absolute Gasteiger partial charge is 0.493 e. The van der Waals surface area contributed by atoms with Crippen LogP contribution in [-0.2, 0) is 5.60 Å². The Kier molecular flexibility index (Phi) is 4.83. The molecule has 0 bridgehead atoms. The number of aliphatic hydroxyl groups is 1. The maximum absolute atomic E-state index is 10.4. The van der Waals surface area contributed by atoms with Crippen molar-refractivity contribution in [2.24, 2.45) is 5.73 Å². The lowest BCUT2D eigenvalue weighted by molar-refractivity contribution is -0.0422. The highest BCUT2D eigenvalue weighted by molar-refractivity contribution is 5.41. The zero-order valence-electron chi connectivity index (χ0n) is 12.3. The van der Waals surface area contributed by atoms with Gasteiger partial charge in [0.25, 0.3) is 0 Å². The Bertz CT molecular complexity index is 573. The van der Waals surface area contributed by atoms with Gasteiger partial charge in [0.05, 0.1) is 7.11 Å². The van der Waals surface area contributed by atoms with Crippen molar-refractivity contribution >= 4 is 0 Å². The monoisotopic (exact) mass is 287 g/mol. The Morgan fingerprint density at radius 1 is 1.05 bits per heavy atom. The van der Waals surface area contributed by atoms with Gasteiger partial charge in [-0.05, 0) is 24.6 Å². The maximum Gasteiger partial charge on any atom is 0.162 e. The number of para-hydroxylation sites is 2. The molecule has 4 nitrogen and oxygen atoms in total. The van der Waals surface area contributed by atoms with E-state index in [-0.39, 0.29) is 6.54 Å². The predicted octanol–water partition coefficient (Wildman–Crippen LogP) is 2.31. The fraction of sp³-hybridized carbons (Fsp3) is 0.294. The third-order valence-electron chi connectivity index (χ3n) is 3.60. The second-order valence-corrected chi connectivity index (χ2v) is 4.98. The Hall–Kier alpha value is -2.04. The maximum atomic E-state index is 10.4. The van der Waals surface area contributed by atoms with E-state index >= 15 is 0 Å². The first-order valence-corrected chi connectivity index (χ1v) is 6.87. The minimum absolute atomic E-state index is 0.0978. The Morgan fingerprint density at radius 2 is 1.62 bits per heavy atom. The van der Waals surface area contributed by atoms with Crippen molar-refractivity contribution in [2.75, 3.05) is 13.7 Å². The molecule has 2 atom stereocenters. The molecule has 21 heavy (non-hydrogen) atoms. The summed E-state index contributed by atoms with van der Waals surface area (Å²) in [6.45, 7) is 1.92. The van der Waals surface area contributed by atoms with Crippen molar-refractivity contribution in [3.8, 4) is 11.5 Å². The number of ether oxygens (including phenoxy) is 2. The molecular formula is C17H21NO3. The first-order chi connectivity index (χ1) is 10.1. The van der Waals surface area contributed by atoms with Crippen LogP contribution in [0.3, 0.4) is 0 Å². The van der Waals surface area contributed by atoms with Crippen LogP contribution in [0.15, 0.2) is 54.6 Å². The second kappa shape index (κ2) is 6.61. The molecule has 3 N–H and O–H groups in total. The van der Waals surface area contributed by atoms with E-state index in [2.05, 4.69) is 0 Å². The van der Waals surface area contributed by atoms with E-state index in [9.17, 15) is 5.11 Å². The summed E-state index contributed by atoms with van der Waals surface area (Å²) in [6, 6.07) is 16.9. The van der Waals surface area contributed by atoms with E-state index in [0.29, 0.717) is 11.5 Å². The van der Waals surface area contributed by atoms with Gasteiger partial charge in [0.1, 0.15) is 6.10 Å². The first-order valence-electron chi connectivity index (χ1n) is 6.87. The summed E-state index contributed by atoms with van der Waals surface area (Å²) in [5, 5.41) is 10.4. The van der Waals surface area contributed by atoms with Crippen LogP contribution < -0.4 is 15.2 Å². The number of benzene rings is 2. The van der Waals surface area contributed by atoms with Gasteiger partial charge in [0.15, 0.2) is 17.1 Å². The van der Waals surface area contributed by atoms with Crippen LogP contribution >= 0.6 is 0 Å². The number of hydrogen-bond acceptors (Lipinski definition) is 4. The minimum atomic E-state index is -0.954. The number of aliphatic hydroxyl groups excluding tert-OH is 1. The average Bonchev–Trinajstić information content (AvgIpc) is 2.55. The molecule has 0 saturated carbocycles. The van der Waals surface area contributed by atoms with Crippen molar-refractivity contribution in [3.63, 3.8) is 0 Å². The molecule has 4 heteroatoms. The van der Waals surface area contributed by atoms with Crippen LogP contribution in [0.1, 0.15) is 12.5 Å². The topological polar surface area (TPSA) is 64.7 Å². The van der Waals surface area contributed by atoms with Crippen molar-refractivity contribution in [1.29, 1.82) is 0 Å². The quantitative estimate of drug-likeness (QED) is 0.855. The van der Waals surface area contributed by atoms with Gasteiger partial charge < -0.3 is 20.3 Å². The van der Waals surface area contributed by atoms with Gasteiger partial charge in [-0.1, -0.05) is 42.5 Å². The smallest absolute Gasteiger partial charge is 0.162 e. The van der Waals surface area contributed by atoms with Crippen molar-refractivity contribution in [3.05, 3.63) is 60.2 Å². The zero-order valence-corrected chi connectivity index (χ0v) is 12.3. The summed E-state index contributed by atoms with van der Waals surface area (Å²) in [4.78, 5) is 0. The van der Waals surface area contributed by atoms with Crippen LogP contribution in [-0.4, -0.2) is 24.9 Å². The lowest BCUT2D eigenvalue weighted by Gasteiger charge is -2.35. The highest BCUT2D eigenvalue weighted by atomic mass is 16.5. The molecule has 0 aliphatic rings. The van der Waals surface area contributed by atoms with Gasteiger partial charge in [-0.15, -0.1) is 0 Å². The fourth-order valence-electron chi connectivity index (χ4n) is 2.24. The van der Waals surface area contributed by atoms with Crippen LogP contribution in [0.4, 0.5) is 0 Å². The molecule has 0 aliphatic heterocycles. The van der Waals surface area contributed by atoms with Gasteiger partial charge in [0, 0.05) is 6.54 Å². The number of rotatable bonds is 6. The van der Waals surface area contributed by atoms with Gasteiger partial charge in [0.2, 0.25) is 0 Å². The molecule has 0 spiro atoms. The summed E-state index contributed by atoms with van der Waals surface area (Å²) in [6.07, 6.45) is -0.843. The Morgan fingerprint density at radius 3 is 2.19 bits per heavy atom. The summed E-state index contributed by atoms with van der Waals surface area (Å²) < 4.78 is 11.4. The highest BCUT2D eigenvalue weighted by Crippen LogP contribution is 2.35. The summed E-state index contributed by atoms with van der Waals surface area (Å²) in [5.74, 6) is 1.18. The Balaban J connectivity index is 2.42. The summed E-state index contributed by atoms with van der Waals surface area (Å²) >= 11 is 0. The van der Waals surface area contributed by atoms with Gasteiger partial charge in [-0.3, -0.25) is 0 Å². The van der Waals surface area contributed by atoms with Crippen LogP contribution in [0.25, 0.3) is 0 Å². The molecule has 0 amide bonds. The van der Waals surface area contributed by atoms with E-state index in [4.69, 9.17) is 15.2 Å². The van der Waals surface area contributed by atoms with E-state index in [0.717, 1.165) is 5.56 Å². The minimum Gasteiger partial charge on any atom is -0.493 e.